The summed E-state index contributed by atoms with van der Waals surface area (Å²) in [6.45, 7) is 2.88. The largest absolute Gasteiger partial charge is 0.338 e. The first kappa shape index (κ1) is 9.20. The summed E-state index contributed by atoms with van der Waals surface area (Å²) < 4.78 is 1.39. The Balaban J connectivity index is 2.13. The highest BCUT2D eigenvalue weighted by Gasteiger charge is 2.22. The summed E-state index contributed by atoms with van der Waals surface area (Å²) in [5, 5.41) is 15.3. The normalized spacial score (nSPS) is 15.2. The Hall–Kier alpha value is -2.05. The first-order valence-electron chi connectivity index (χ1n) is 5.06. The summed E-state index contributed by atoms with van der Waals surface area (Å²) >= 11 is 0. The lowest BCUT2D eigenvalue weighted by molar-refractivity contribution is -0.129. The van der Waals surface area contributed by atoms with E-state index in [0.717, 1.165) is 24.1 Å². The van der Waals surface area contributed by atoms with E-state index >= 15 is 0 Å². The van der Waals surface area contributed by atoms with Gasteiger partial charge in [-0.1, -0.05) is 0 Å². The van der Waals surface area contributed by atoms with E-state index in [1.165, 1.54) is 4.63 Å². The zero-order valence-corrected chi connectivity index (χ0v) is 8.79. The molecule has 7 heteroatoms. The Morgan fingerprint density at radius 3 is 3.19 bits per heavy atom. The topological polar surface area (TPSA) is 76.3 Å². The van der Waals surface area contributed by atoms with Crippen LogP contribution < -0.4 is 0 Å². The Kier molecular flexibility index (Phi) is 1.85. The Morgan fingerprint density at radius 2 is 2.38 bits per heavy atom. The van der Waals surface area contributed by atoms with E-state index in [0.29, 0.717) is 12.2 Å². The third-order valence-corrected chi connectivity index (χ3v) is 2.88. The molecule has 1 amide bonds. The van der Waals surface area contributed by atoms with Gasteiger partial charge in [-0.3, -0.25) is 4.79 Å². The molecule has 0 aliphatic carbocycles. The fraction of sp³-hybridized carbons (Fsp3) is 0.444. The molecule has 7 nitrogen and oxygen atoms in total. The summed E-state index contributed by atoms with van der Waals surface area (Å²) in [6, 6.07) is 0. The lowest BCUT2D eigenvalue weighted by atomic mass is 10.0. The van der Waals surface area contributed by atoms with Crippen LogP contribution in [0, 0.1) is 0 Å². The van der Waals surface area contributed by atoms with Gasteiger partial charge >= 0.3 is 0 Å². The molecule has 0 N–H and O–H groups in total. The van der Waals surface area contributed by atoms with Crippen molar-refractivity contribution in [1.29, 1.82) is 0 Å². The van der Waals surface area contributed by atoms with Crippen molar-refractivity contribution in [1.82, 2.24) is 30.2 Å². The maximum absolute atomic E-state index is 11.3. The number of nitrogens with zero attached hydrogens (tertiary/aromatic N) is 6. The standard InChI is InChI=1S/C9H10N6O/c1-6(16)14-3-2-7-4-10-15-9(8(7)5-14)11-12-13-15/h4H,2-3,5H2,1H3. The van der Waals surface area contributed by atoms with Gasteiger partial charge in [-0.15, -0.1) is 9.73 Å². The molecule has 0 fully saturated rings. The summed E-state index contributed by atoms with van der Waals surface area (Å²) in [4.78, 5) is 13.1. The highest BCUT2D eigenvalue weighted by atomic mass is 16.2. The molecule has 0 aromatic carbocycles. The first-order chi connectivity index (χ1) is 7.75. The van der Waals surface area contributed by atoms with Crippen LogP contribution in [-0.4, -0.2) is 42.6 Å². The van der Waals surface area contributed by atoms with Crippen molar-refractivity contribution in [3.63, 3.8) is 0 Å². The Bertz CT molecular complexity index is 562. The summed E-state index contributed by atoms with van der Waals surface area (Å²) in [5.74, 6) is 0.0769. The van der Waals surface area contributed by atoms with Gasteiger partial charge in [0, 0.05) is 25.6 Å². The quantitative estimate of drug-likeness (QED) is 0.591. The van der Waals surface area contributed by atoms with Crippen molar-refractivity contribution in [3.05, 3.63) is 17.3 Å². The van der Waals surface area contributed by atoms with E-state index < -0.39 is 0 Å². The number of fused-ring (bicyclic) bond motifs is 3. The van der Waals surface area contributed by atoms with Crippen LogP contribution in [-0.2, 0) is 17.8 Å². The van der Waals surface area contributed by atoms with Crippen LogP contribution in [0.4, 0.5) is 0 Å². The third-order valence-electron chi connectivity index (χ3n) is 2.88. The highest BCUT2D eigenvalue weighted by molar-refractivity contribution is 5.74. The minimum atomic E-state index is 0.0769. The van der Waals surface area contributed by atoms with Crippen molar-refractivity contribution in [2.75, 3.05) is 6.54 Å². The van der Waals surface area contributed by atoms with Gasteiger partial charge in [0.15, 0.2) is 0 Å². The SMILES string of the molecule is CC(=O)N1CCc2cnn3nnnc3c2C1. The number of amides is 1. The van der Waals surface area contributed by atoms with Gasteiger partial charge in [0.05, 0.1) is 6.20 Å². The van der Waals surface area contributed by atoms with Crippen LogP contribution >= 0.6 is 0 Å². The van der Waals surface area contributed by atoms with Gasteiger partial charge in [0.2, 0.25) is 11.6 Å². The lowest BCUT2D eigenvalue weighted by Gasteiger charge is -2.27. The second-order valence-electron chi connectivity index (χ2n) is 3.83. The third kappa shape index (κ3) is 1.24. The van der Waals surface area contributed by atoms with Crippen LogP contribution in [0.5, 0.6) is 0 Å². The van der Waals surface area contributed by atoms with E-state index in [-0.39, 0.29) is 5.91 Å². The molecule has 0 saturated heterocycles. The first-order valence-corrected chi connectivity index (χ1v) is 5.06. The zero-order chi connectivity index (χ0) is 11.1. The molecule has 0 atom stereocenters. The molecular weight excluding hydrogens is 208 g/mol. The molecule has 0 saturated carbocycles. The Labute approximate surface area is 91.0 Å². The summed E-state index contributed by atoms with van der Waals surface area (Å²) in [7, 11) is 0. The minimum Gasteiger partial charge on any atom is -0.338 e. The molecule has 1 aliphatic heterocycles. The predicted octanol–water partition coefficient (Wildman–Crippen LogP) is -0.576. The van der Waals surface area contributed by atoms with Crippen molar-refractivity contribution >= 4 is 11.6 Å². The van der Waals surface area contributed by atoms with E-state index in [1.807, 2.05) is 0 Å². The zero-order valence-electron chi connectivity index (χ0n) is 8.79. The number of carbonyl (C=O) groups is 1. The molecule has 0 spiro atoms. The molecule has 82 valence electrons. The van der Waals surface area contributed by atoms with E-state index in [4.69, 9.17) is 0 Å². The summed E-state index contributed by atoms with van der Waals surface area (Å²) in [5.41, 5.74) is 2.77. The van der Waals surface area contributed by atoms with Crippen LogP contribution in [0.25, 0.3) is 5.65 Å². The number of hydrogen-bond acceptors (Lipinski definition) is 5. The van der Waals surface area contributed by atoms with Gasteiger partial charge in [-0.05, 0) is 22.4 Å². The monoisotopic (exact) mass is 218 g/mol. The van der Waals surface area contributed by atoms with Crippen LogP contribution in [0.1, 0.15) is 18.1 Å². The molecule has 3 rings (SSSR count). The number of hydrogen-bond donors (Lipinski definition) is 0. The number of aromatic nitrogens is 5. The molecule has 16 heavy (non-hydrogen) atoms. The molecule has 2 aromatic rings. The van der Waals surface area contributed by atoms with Gasteiger partial charge < -0.3 is 4.90 Å². The van der Waals surface area contributed by atoms with Crippen LogP contribution in [0.15, 0.2) is 6.20 Å². The number of carbonyl (C=O) groups excluding carboxylic acids is 1. The van der Waals surface area contributed by atoms with Gasteiger partial charge in [0.25, 0.3) is 0 Å². The second-order valence-corrected chi connectivity index (χ2v) is 3.83. The predicted molar refractivity (Wildman–Crippen MR) is 53.4 cm³/mol. The summed E-state index contributed by atoms with van der Waals surface area (Å²) in [6.07, 6.45) is 2.58. The van der Waals surface area contributed by atoms with Crippen molar-refractivity contribution in [3.8, 4) is 0 Å². The molecule has 2 aromatic heterocycles. The fourth-order valence-corrected chi connectivity index (χ4v) is 1.97. The van der Waals surface area contributed by atoms with Crippen molar-refractivity contribution in [2.45, 2.75) is 19.9 Å². The molecular formula is C9H10N6O. The van der Waals surface area contributed by atoms with E-state index in [1.54, 1.807) is 18.0 Å². The average molecular weight is 218 g/mol. The number of rotatable bonds is 0. The van der Waals surface area contributed by atoms with Crippen molar-refractivity contribution < 1.29 is 4.79 Å². The van der Waals surface area contributed by atoms with Crippen LogP contribution in [0.2, 0.25) is 0 Å². The van der Waals surface area contributed by atoms with Crippen LogP contribution in [0.3, 0.4) is 0 Å². The van der Waals surface area contributed by atoms with E-state index in [2.05, 4.69) is 20.6 Å². The molecule has 0 radical (unpaired) electrons. The molecule has 0 unspecified atom stereocenters. The second kappa shape index (κ2) is 3.22. The maximum Gasteiger partial charge on any atom is 0.219 e. The molecule has 3 heterocycles. The van der Waals surface area contributed by atoms with E-state index in [9.17, 15) is 4.79 Å². The fourth-order valence-electron chi connectivity index (χ4n) is 1.97. The molecule has 1 aliphatic rings. The van der Waals surface area contributed by atoms with Gasteiger partial charge in [-0.25, -0.2) is 0 Å². The van der Waals surface area contributed by atoms with Crippen molar-refractivity contribution in [2.24, 2.45) is 0 Å². The van der Waals surface area contributed by atoms with Gasteiger partial charge in [0.1, 0.15) is 0 Å². The lowest BCUT2D eigenvalue weighted by Crippen LogP contribution is -2.34. The van der Waals surface area contributed by atoms with Gasteiger partial charge in [-0.2, -0.15) is 5.10 Å². The maximum atomic E-state index is 11.3. The average Bonchev–Trinajstić information content (AvgIpc) is 2.76. The Morgan fingerprint density at radius 1 is 1.50 bits per heavy atom. The molecule has 0 bridgehead atoms. The highest BCUT2D eigenvalue weighted by Crippen LogP contribution is 2.20. The smallest absolute Gasteiger partial charge is 0.219 e. The number of tetrazole rings is 1. The minimum absolute atomic E-state index is 0.0769.